The Morgan fingerprint density at radius 3 is 2.59 bits per heavy atom. The largest absolute Gasteiger partial charge is 0.378 e. The molecule has 2 aromatic carbocycles. The van der Waals surface area contributed by atoms with Crippen LogP contribution in [0.4, 0.5) is 4.39 Å². The molecule has 27 heavy (non-hydrogen) atoms. The van der Waals surface area contributed by atoms with Crippen LogP contribution >= 0.6 is 0 Å². The summed E-state index contributed by atoms with van der Waals surface area (Å²) in [5.41, 5.74) is 3.68. The molecule has 0 spiro atoms. The third-order valence-corrected chi connectivity index (χ3v) is 6.06. The van der Waals surface area contributed by atoms with E-state index in [4.69, 9.17) is 4.74 Å². The van der Waals surface area contributed by atoms with Crippen molar-refractivity contribution in [1.82, 2.24) is 0 Å². The molecule has 0 unspecified atom stereocenters. The fourth-order valence-corrected chi connectivity index (χ4v) is 4.22. The van der Waals surface area contributed by atoms with Crippen LogP contribution in [0.2, 0.25) is 0 Å². The molecule has 0 aromatic heterocycles. The van der Waals surface area contributed by atoms with Crippen molar-refractivity contribution in [2.45, 2.75) is 58.1 Å². The highest BCUT2D eigenvalue weighted by Gasteiger charge is 2.39. The van der Waals surface area contributed by atoms with Crippen molar-refractivity contribution in [3.8, 4) is 0 Å². The molecule has 0 bridgehead atoms. The lowest BCUT2D eigenvalue weighted by Crippen LogP contribution is -2.83. The second-order valence-corrected chi connectivity index (χ2v) is 8.38. The fraction of sp³-hybridized carbons (Fsp3) is 0.500. The molecule has 2 N–H and O–H groups in total. The Kier molecular flexibility index (Phi) is 6.67. The van der Waals surface area contributed by atoms with Crippen molar-refractivity contribution < 1.29 is 14.4 Å². The van der Waals surface area contributed by atoms with E-state index in [9.17, 15) is 4.39 Å². The van der Waals surface area contributed by atoms with Crippen molar-refractivity contribution >= 4 is 0 Å². The second-order valence-electron chi connectivity index (χ2n) is 8.38. The van der Waals surface area contributed by atoms with Crippen LogP contribution in [0.5, 0.6) is 0 Å². The number of aryl methyl sites for hydroxylation is 1. The van der Waals surface area contributed by atoms with Gasteiger partial charge in [0.05, 0.1) is 12.6 Å². The van der Waals surface area contributed by atoms with E-state index in [1.807, 2.05) is 12.1 Å². The van der Waals surface area contributed by atoms with Crippen LogP contribution in [0.25, 0.3) is 0 Å². The minimum absolute atomic E-state index is 0.104. The van der Waals surface area contributed by atoms with Gasteiger partial charge in [0.1, 0.15) is 12.4 Å². The molecule has 2 atom stereocenters. The molecule has 0 saturated carbocycles. The van der Waals surface area contributed by atoms with Gasteiger partial charge >= 0.3 is 0 Å². The minimum Gasteiger partial charge on any atom is -0.378 e. The van der Waals surface area contributed by atoms with E-state index >= 15 is 0 Å². The highest BCUT2D eigenvalue weighted by molar-refractivity contribution is 5.29. The summed E-state index contributed by atoms with van der Waals surface area (Å²) in [5.74, 6) is 0.422. The zero-order valence-corrected chi connectivity index (χ0v) is 16.9. The molecule has 146 valence electrons. The molecule has 0 radical (unpaired) electrons. The van der Waals surface area contributed by atoms with E-state index in [1.54, 1.807) is 12.1 Å². The van der Waals surface area contributed by atoms with Gasteiger partial charge in [-0.25, -0.2) is 4.39 Å². The highest BCUT2D eigenvalue weighted by atomic mass is 19.1. The number of ether oxygens (including phenoxy) is 1. The summed E-state index contributed by atoms with van der Waals surface area (Å²) < 4.78 is 19.9. The normalized spacial score (nSPS) is 22.9. The molecule has 1 saturated heterocycles. The monoisotopic (exact) mass is 370 g/mol. The van der Waals surface area contributed by atoms with Crippen LogP contribution in [-0.4, -0.2) is 19.3 Å². The van der Waals surface area contributed by atoms with Crippen LogP contribution in [0.15, 0.2) is 48.5 Å². The highest BCUT2D eigenvalue weighted by Crippen LogP contribution is 2.41. The van der Waals surface area contributed by atoms with Gasteiger partial charge in [-0.2, -0.15) is 0 Å². The van der Waals surface area contributed by atoms with E-state index in [-0.39, 0.29) is 11.2 Å². The smallest absolute Gasteiger partial charge is 0.132 e. The molecule has 2 nitrogen and oxygen atoms in total. The van der Waals surface area contributed by atoms with Gasteiger partial charge in [0.15, 0.2) is 0 Å². The maximum atomic E-state index is 13.9. The van der Waals surface area contributed by atoms with Crippen LogP contribution in [-0.2, 0) is 16.7 Å². The van der Waals surface area contributed by atoms with Gasteiger partial charge in [-0.3, -0.25) is 0 Å². The predicted octanol–water partition coefficient (Wildman–Crippen LogP) is 4.36. The molecule has 1 aliphatic rings. The molecule has 1 heterocycles. The van der Waals surface area contributed by atoms with Gasteiger partial charge in [0.25, 0.3) is 0 Å². The quantitative estimate of drug-likeness (QED) is 0.720. The summed E-state index contributed by atoms with van der Waals surface area (Å²) in [5, 5.41) is 2.24. The lowest BCUT2D eigenvalue weighted by atomic mass is 9.68. The lowest BCUT2D eigenvalue weighted by Gasteiger charge is -2.42. The maximum absolute atomic E-state index is 13.9. The van der Waals surface area contributed by atoms with Crippen molar-refractivity contribution in [2.24, 2.45) is 5.92 Å². The van der Waals surface area contributed by atoms with Crippen LogP contribution in [0, 0.1) is 18.7 Å². The van der Waals surface area contributed by atoms with Crippen molar-refractivity contribution in [2.75, 3.05) is 13.2 Å². The van der Waals surface area contributed by atoms with Crippen molar-refractivity contribution in [3.05, 3.63) is 71.0 Å². The van der Waals surface area contributed by atoms with Crippen LogP contribution in [0.3, 0.4) is 0 Å². The topological polar surface area (TPSA) is 25.8 Å². The number of hydrogen-bond acceptors (Lipinski definition) is 1. The Morgan fingerprint density at radius 1 is 1.15 bits per heavy atom. The zero-order chi connectivity index (χ0) is 19.3. The molecular weight excluding hydrogens is 337 g/mol. The van der Waals surface area contributed by atoms with E-state index in [2.05, 4.69) is 50.4 Å². The Labute approximate surface area is 163 Å². The third kappa shape index (κ3) is 4.97. The summed E-state index contributed by atoms with van der Waals surface area (Å²) in [6.45, 7) is 9.15. The first-order chi connectivity index (χ1) is 13.0. The number of hydrogen-bond donors (Lipinski definition) is 1. The molecule has 0 aliphatic carbocycles. The van der Waals surface area contributed by atoms with E-state index < -0.39 is 0 Å². The molecule has 1 fully saturated rings. The van der Waals surface area contributed by atoms with E-state index in [0.29, 0.717) is 18.6 Å². The summed E-state index contributed by atoms with van der Waals surface area (Å²) in [4.78, 5) is 0. The first-order valence-corrected chi connectivity index (χ1v) is 10.2. The zero-order valence-electron chi connectivity index (χ0n) is 16.9. The van der Waals surface area contributed by atoms with Gasteiger partial charge in [-0.05, 0) is 37.3 Å². The summed E-state index contributed by atoms with van der Waals surface area (Å²) in [7, 11) is 0. The Balaban J connectivity index is 1.70. The lowest BCUT2D eigenvalue weighted by molar-refractivity contribution is -0.672. The molecule has 1 aliphatic heterocycles. The number of rotatable bonds is 7. The van der Waals surface area contributed by atoms with Crippen molar-refractivity contribution in [3.63, 3.8) is 0 Å². The molecule has 2 aromatic rings. The predicted molar refractivity (Wildman–Crippen MR) is 108 cm³/mol. The van der Waals surface area contributed by atoms with Gasteiger partial charge in [0, 0.05) is 24.0 Å². The van der Waals surface area contributed by atoms with E-state index in [0.717, 1.165) is 38.0 Å². The minimum atomic E-state index is -0.104. The summed E-state index contributed by atoms with van der Waals surface area (Å²) in [6, 6.07) is 16.1. The van der Waals surface area contributed by atoms with Crippen LogP contribution in [0.1, 0.15) is 49.8 Å². The molecule has 0 amide bonds. The summed E-state index contributed by atoms with van der Waals surface area (Å²) >= 11 is 0. The third-order valence-electron chi connectivity index (χ3n) is 6.06. The van der Waals surface area contributed by atoms with Gasteiger partial charge in [-0.15, -0.1) is 0 Å². The Morgan fingerprint density at radius 2 is 1.89 bits per heavy atom. The van der Waals surface area contributed by atoms with Gasteiger partial charge in [0.2, 0.25) is 0 Å². The fourth-order valence-electron chi connectivity index (χ4n) is 4.22. The average Bonchev–Trinajstić information content (AvgIpc) is 2.67. The number of nitrogens with two attached hydrogens (primary N) is 1. The maximum Gasteiger partial charge on any atom is 0.132 e. The number of benzene rings is 2. The molecule has 3 heteroatoms. The Hall–Kier alpha value is -1.71. The number of quaternary nitrogens is 1. The SMILES string of the molecule is Cc1ccc([C@@]2(CC[NH2+]Cc3ccccc3F)CCO[C@@H](C(C)C)C2)cc1. The molecule has 3 rings (SSSR count). The van der Waals surface area contributed by atoms with E-state index in [1.165, 1.54) is 11.1 Å². The van der Waals surface area contributed by atoms with Crippen LogP contribution < -0.4 is 5.32 Å². The second kappa shape index (κ2) is 8.99. The standard InChI is InChI=1S/C24H32FNO/c1-18(2)23-16-24(13-15-27-23,21-10-8-19(3)9-11-21)12-14-26-17-20-6-4-5-7-22(20)25/h4-11,18,23,26H,12-17H2,1-3H3/p+1/t23-,24+/m1/s1. The first-order valence-electron chi connectivity index (χ1n) is 10.2. The first kappa shape index (κ1) is 20.0. The molecular formula is C24H33FNO+. The average molecular weight is 371 g/mol. The van der Waals surface area contributed by atoms with Gasteiger partial charge in [-0.1, -0.05) is 61.9 Å². The van der Waals surface area contributed by atoms with Gasteiger partial charge < -0.3 is 10.1 Å². The number of halogens is 1. The Bertz CT molecular complexity index is 727. The van der Waals surface area contributed by atoms with Crippen molar-refractivity contribution in [1.29, 1.82) is 0 Å². The summed E-state index contributed by atoms with van der Waals surface area (Å²) in [6.07, 6.45) is 3.54.